The van der Waals surface area contributed by atoms with Crippen molar-refractivity contribution in [1.29, 1.82) is 0 Å². The fourth-order valence-corrected chi connectivity index (χ4v) is 7.02. The van der Waals surface area contributed by atoms with Crippen molar-refractivity contribution in [1.82, 2.24) is 25.1 Å². The maximum atomic E-state index is 13.6. The maximum absolute atomic E-state index is 13.6. The van der Waals surface area contributed by atoms with Crippen LogP contribution >= 0.6 is 11.6 Å². The van der Waals surface area contributed by atoms with E-state index in [0.717, 1.165) is 81.8 Å². The minimum atomic E-state index is -0.164. The number of halogens is 1. The monoisotopic (exact) mass is 545 g/mol. The number of carbonyl (C=O) groups excluding carboxylic acids is 2. The summed E-state index contributed by atoms with van der Waals surface area (Å²) in [6.45, 7) is 8.51. The number of hydrogen-bond acceptors (Lipinski definition) is 4. The summed E-state index contributed by atoms with van der Waals surface area (Å²) in [4.78, 5) is 38.9. The van der Waals surface area contributed by atoms with E-state index in [1.165, 1.54) is 11.3 Å². The zero-order valence-corrected chi connectivity index (χ0v) is 23.5. The highest BCUT2D eigenvalue weighted by atomic mass is 35.5. The van der Waals surface area contributed by atoms with Crippen LogP contribution in [0.25, 0.3) is 0 Å². The molecule has 3 aliphatic rings. The van der Waals surface area contributed by atoms with Gasteiger partial charge in [0.2, 0.25) is 0 Å². The fraction of sp³-hybridized carbons (Fsp3) is 0.452. The molecule has 1 aliphatic carbocycles. The molecular formula is C31H36ClN5O2. The van der Waals surface area contributed by atoms with Crippen LogP contribution in [0, 0.1) is 19.3 Å². The number of aryl methyl sites for hydroxylation is 3. The number of nitrogens with zero attached hydrogens (tertiary/aromatic N) is 3. The Balaban J connectivity index is 1.10. The number of fused-ring (bicyclic) bond motifs is 1. The first-order valence-corrected chi connectivity index (χ1v) is 14.4. The smallest absolute Gasteiger partial charge is 0.253 e. The number of amides is 2. The molecule has 8 heteroatoms. The van der Waals surface area contributed by atoms with Gasteiger partial charge in [-0.15, -0.1) is 0 Å². The molecule has 6 rings (SSSR count). The molecule has 1 unspecified atom stereocenters. The van der Waals surface area contributed by atoms with Gasteiger partial charge >= 0.3 is 0 Å². The predicted molar refractivity (Wildman–Crippen MR) is 152 cm³/mol. The molecular weight excluding hydrogens is 510 g/mol. The van der Waals surface area contributed by atoms with E-state index < -0.39 is 0 Å². The highest BCUT2D eigenvalue weighted by Gasteiger charge is 2.42. The van der Waals surface area contributed by atoms with Gasteiger partial charge in [-0.1, -0.05) is 29.8 Å². The van der Waals surface area contributed by atoms with Crippen molar-refractivity contribution < 1.29 is 9.59 Å². The average Bonchev–Trinajstić information content (AvgIpc) is 3.64. The molecule has 1 atom stereocenters. The minimum Gasteiger partial charge on any atom is -0.345 e. The standard InChI is InChI=1S/C31H36ClN5O2/c1-20-4-3-5-26(32)28(20)29(38)35-27-9-8-22-6-7-23(16-25(22)27)30(39)37-15-12-31(19-37)10-13-36(14-11-31)18-24-17-33-21(2)34-24/h3-7,16-17,27H,8-15,18-19H2,1-2H3,(H,33,34)(H,35,38). The first kappa shape index (κ1) is 26.1. The van der Waals surface area contributed by atoms with E-state index in [0.29, 0.717) is 16.1 Å². The second kappa shape index (κ2) is 10.4. The van der Waals surface area contributed by atoms with Gasteiger partial charge in [-0.2, -0.15) is 0 Å². The number of H-pyrrole nitrogens is 1. The Morgan fingerprint density at radius 3 is 2.67 bits per heavy atom. The molecule has 7 nitrogen and oxygen atoms in total. The molecule has 2 aromatic carbocycles. The van der Waals surface area contributed by atoms with Crippen molar-refractivity contribution in [2.24, 2.45) is 5.41 Å². The highest BCUT2D eigenvalue weighted by Crippen LogP contribution is 2.41. The van der Waals surface area contributed by atoms with E-state index in [9.17, 15) is 9.59 Å². The van der Waals surface area contributed by atoms with Crippen LogP contribution in [0.3, 0.4) is 0 Å². The number of carbonyl (C=O) groups is 2. The molecule has 2 N–H and O–H groups in total. The van der Waals surface area contributed by atoms with E-state index >= 15 is 0 Å². The molecule has 0 radical (unpaired) electrons. The van der Waals surface area contributed by atoms with Crippen molar-refractivity contribution in [2.75, 3.05) is 26.2 Å². The SMILES string of the molecule is Cc1ncc(CN2CCC3(CC2)CCN(C(=O)c2ccc4c(c2)C(NC(=O)c2c(C)cccc2Cl)CC4)C3)[nH]1. The van der Waals surface area contributed by atoms with Crippen LogP contribution in [0.1, 0.15) is 80.6 Å². The van der Waals surface area contributed by atoms with Crippen LogP contribution in [0.4, 0.5) is 0 Å². The second-order valence-electron chi connectivity index (χ2n) is 11.7. The van der Waals surface area contributed by atoms with Crippen molar-refractivity contribution in [2.45, 2.75) is 58.5 Å². The number of aromatic amines is 1. The van der Waals surface area contributed by atoms with Gasteiger partial charge in [-0.3, -0.25) is 14.5 Å². The molecule has 1 aromatic heterocycles. The molecule has 39 heavy (non-hydrogen) atoms. The quantitative estimate of drug-likeness (QED) is 0.460. The predicted octanol–water partition coefficient (Wildman–Crippen LogP) is 5.23. The molecule has 3 heterocycles. The lowest BCUT2D eigenvalue weighted by Crippen LogP contribution is -2.42. The van der Waals surface area contributed by atoms with Gasteiger partial charge in [0.25, 0.3) is 11.8 Å². The minimum absolute atomic E-state index is 0.101. The lowest BCUT2D eigenvalue weighted by Gasteiger charge is -2.39. The third-order valence-electron chi connectivity index (χ3n) is 9.02. The summed E-state index contributed by atoms with van der Waals surface area (Å²) < 4.78 is 0. The number of aromatic nitrogens is 2. The number of imidazole rings is 1. The zero-order valence-electron chi connectivity index (χ0n) is 22.7. The Morgan fingerprint density at radius 2 is 1.92 bits per heavy atom. The summed E-state index contributed by atoms with van der Waals surface area (Å²) in [5.74, 6) is 0.895. The Hall–Kier alpha value is -3.16. The fourth-order valence-electron chi connectivity index (χ4n) is 6.71. The molecule has 2 saturated heterocycles. The molecule has 3 aromatic rings. The molecule has 204 valence electrons. The largest absolute Gasteiger partial charge is 0.345 e. The molecule has 1 spiro atoms. The van der Waals surface area contributed by atoms with Crippen LogP contribution in [0.5, 0.6) is 0 Å². The third-order valence-corrected chi connectivity index (χ3v) is 9.33. The second-order valence-corrected chi connectivity index (χ2v) is 12.1. The summed E-state index contributed by atoms with van der Waals surface area (Å²) in [5, 5.41) is 3.64. The zero-order chi connectivity index (χ0) is 27.1. The normalized spacial score (nSPS) is 20.4. The lowest BCUT2D eigenvalue weighted by atomic mass is 9.78. The van der Waals surface area contributed by atoms with Crippen molar-refractivity contribution in [3.8, 4) is 0 Å². The number of benzene rings is 2. The Morgan fingerprint density at radius 1 is 1.13 bits per heavy atom. The van der Waals surface area contributed by atoms with Gasteiger partial charge in [0.05, 0.1) is 16.6 Å². The van der Waals surface area contributed by atoms with Gasteiger partial charge in [0, 0.05) is 37.1 Å². The van der Waals surface area contributed by atoms with Crippen LogP contribution < -0.4 is 5.32 Å². The Bertz CT molecular complexity index is 1390. The van der Waals surface area contributed by atoms with Gasteiger partial charge in [0.15, 0.2) is 0 Å². The number of likely N-dealkylation sites (tertiary alicyclic amines) is 2. The highest BCUT2D eigenvalue weighted by molar-refractivity contribution is 6.34. The van der Waals surface area contributed by atoms with Crippen LogP contribution in [-0.2, 0) is 13.0 Å². The van der Waals surface area contributed by atoms with Crippen LogP contribution in [0.15, 0.2) is 42.6 Å². The molecule has 0 saturated carbocycles. The Kier molecular flexibility index (Phi) is 6.98. The number of rotatable bonds is 5. The van der Waals surface area contributed by atoms with E-state index in [-0.39, 0.29) is 23.3 Å². The van der Waals surface area contributed by atoms with E-state index in [1.807, 2.05) is 49.2 Å². The summed E-state index contributed by atoms with van der Waals surface area (Å²) in [6.07, 6.45) is 6.94. The van der Waals surface area contributed by atoms with Gasteiger partial charge < -0.3 is 15.2 Å². The van der Waals surface area contributed by atoms with Crippen molar-refractivity contribution in [3.63, 3.8) is 0 Å². The third kappa shape index (κ3) is 5.22. The number of nitrogens with one attached hydrogen (secondary N) is 2. The molecule has 2 fully saturated rings. The van der Waals surface area contributed by atoms with Crippen LogP contribution in [0.2, 0.25) is 5.02 Å². The average molecular weight is 546 g/mol. The van der Waals surface area contributed by atoms with Gasteiger partial charge in [0.1, 0.15) is 5.82 Å². The first-order chi connectivity index (χ1) is 18.8. The van der Waals surface area contributed by atoms with Gasteiger partial charge in [-0.05, 0) is 99.3 Å². The molecule has 2 amide bonds. The Labute approximate surface area is 234 Å². The maximum Gasteiger partial charge on any atom is 0.253 e. The first-order valence-electron chi connectivity index (χ1n) is 14.0. The van der Waals surface area contributed by atoms with E-state index in [1.54, 1.807) is 6.07 Å². The van der Waals surface area contributed by atoms with E-state index in [4.69, 9.17) is 11.6 Å². The van der Waals surface area contributed by atoms with Gasteiger partial charge in [-0.25, -0.2) is 4.98 Å². The summed E-state index contributed by atoms with van der Waals surface area (Å²) in [5.41, 5.74) is 5.73. The number of hydrogen-bond donors (Lipinski definition) is 2. The van der Waals surface area contributed by atoms with Crippen molar-refractivity contribution >= 4 is 23.4 Å². The van der Waals surface area contributed by atoms with Crippen LogP contribution in [-0.4, -0.2) is 57.8 Å². The summed E-state index contributed by atoms with van der Waals surface area (Å²) in [6, 6.07) is 11.4. The van der Waals surface area contributed by atoms with Crippen molar-refractivity contribution in [3.05, 3.63) is 87.0 Å². The summed E-state index contributed by atoms with van der Waals surface area (Å²) in [7, 11) is 0. The topological polar surface area (TPSA) is 81.3 Å². The number of piperidine rings is 1. The summed E-state index contributed by atoms with van der Waals surface area (Å²) >= 11 is 6.34. The molecule has 0 bridgehead atoms. The lowest BCUT2D eigenvalue weighted by molar-refractivity contribution is 0.0712. The van der Waals surface area contributed by atoms with E-state index in [2.05, 4.69) is 26.3 Å². The molecule has 2 aliphatic heterocycles.